The number of hydrogen-bond acceptors (Lipinski definition) is 3. The highest BCUT2D eigenvalue weighted by atomic mass is 16.5. The van der Waals surface area contributed by atoms with Gasteiger partial charge in [-0.1, -0.05) is 19.9 Å². The van der Waals surface area contributed by atoms with Crippen molar-refractivity contribution in [1.29, 1.82) is 0 Å². The van der Waals surface area contributed by atoms with E-state index in [1.807, 2.05) is 13.0 Å². The second kappa shape index (κ2) is 5.99. The van der Waals surface area contributed by atoms with Crippen LogP contribution in [0.3, 0.4) is 0 Å². The minimum absolute atomic E-state index is 0.131. The van der Waals surface area contributed by atoms with E-state index in [4.69, 9.17) is 4.74 Å². The molecule has 0 aliphatic heterocycles. The third-order valence-corrected chi connectivity index (χ3v) is 3.59. The summed E-state index contributed by atoms with van der Waals surface area (Å²) in [6, 6.07) is 0. The number of allylic oxidation sites excluding steroid dienone is 1. The third-order valence-electron chi connectivity index (χ3n) is 3.59. The lowest BCUT2D eigenvalue weighted by atomic mass is 9.83. The van der Waals surface area contributed by atoms with Crippen LogP contribution in [0.2, 0.25) is 0 Å². The fraction of sp³-hybridized carbons (Fsp3) is 0.714. The van der Waals surface area contributed by atoms with Gasteiger partial charge in [0.1, 0.15) is 11.9 Å². The van der Waals surface area contributed by atoms with Crippen molar-refractivity contribution >= 4 is 11.8 Å². The fourth-order valence-electron chi connectivity index (χ4n) is 2.67. The first-order valence-electron chi connectivity index (χ1n) is 6.28. The van der Waals surface area contributed by atoms with Gasteiger partial charge in [0, 0.05) is 13.3 Å². The summed E-state index contributed by atoms with van der Waals surface area (Å²) in [5.74, 6) is 0.247. The van der Waals surface area contributed by atoms with Crippen LogP contribution in [0.4, 0.5) is 0 Å². The molecule has 0 N–H and O–H groups in total. The Morgan fingerprint density at radius 3 is 2.71 bits per heavy atom. The van der Waals surface area contributed by atoms with Gasteiger partial charge < -0.3 is 4.74 Å². The zero-order valence-electron chi connectivity index (χ0n) is 10.9. The van der Waals surface area contributed by atoms with E-state index in [0.29, 0.717) is 12.3 Å². The molecule has 96 valence electrons. The number of carbonyl (C=O) groups excluding carboxylic acids is 2. The maximum Gasteiger partial charge on any atom is 0.302 e. The molecule has 0 heterocycles. The number of esters is 1. The number of rotatable bonds is 5. The molecule has 1 fully saturated rings. The molecule has 0 aromatic rings. The summed E-state index contributed by atoms with van der Waals surface area (Å²) in [7, 11) is 0. The van der Waals surface area contributed by atoms with Crippen LogP contribution in [0.25, 0.3) is 0 Å². The van der Waals surface area contributed by atoms with Crippen LogP contribution in [0, 0.1) is 17.8 Å². The first-order chi connectivity index (χ1) is 7.97. The van der Waals surface area contributed by atoms with Crippen molar-refractivity contribution in [3.63, 3.8) is 0 Å². The van der Waals surface area contributed by atoms with Crippen LogP contribution in [0.1, 0.15) is 40.0 Å². The van der Waals surface area contributed by atoms with Crippen molar-refractivity contribution in [3.8, 4) is 0 Å². The summed E-state index contributed by atoms with van der Waals surface area (Å²) in [4.78, 5) is 23.1. The van der Waals surface area contributed by atoms with Gasteiger partial charge in [-0.2, -0.15) is 0 Å². The lowest BCUT2D eigenvalue weighted by Gasteiger charge is -2.29. The highest BCUT2D eigenvalue weighted by molar-refractivity contribution is 5.84. The summed E-state index contributed by atoms with van der Waals surface area (Å²) >= 11 is 0. The van der Waals surface area contributed by atoms with Crippen LogP contribution in [0.15, 0.2) is 12.7 Å². The minimum Gasteiger partial charge on any atom is -0.461 e. The Hall–Kier alpha value is -1.12. The second-order valence-electron chi connectivity index (χ2n) is 5.08. The van der Waals surface area contributed by atoms with E-state index in [0.717, 1.165) is 12.8 Å². The summed E-state index contributed by atoms with van der Waals surface area (Å²) in [5.41, 5.74) is 0. The van der Waals surface area contributed by atoms with E-state index in [-0.39, 0.29) is 29.7 Å². The van der Waals surface area contributed by atoms with Gasteiger partial charge in [0.15, 0.2) is 0 Å². The Labute approximate surface area is 103 Å². The largest absolute Gasteiger partial charge is 0.461 e. The molecule has 1 rings (SSSR count). The maximum absolute atomic E-state index is 11.9. The fourth-order valence-corrected chi connectivity index (χ4v) is 2.67. The molecule has 1 unspecified atom stereocenters. The van der Waals surface area contributed by atoms with Gasteiger partial charge in [-0.15, -0.1) is 6.58 Å². The summed E-state index contributed by atoms with van der Waals surface area (Å²) in [6.45, 7) is 9.17. The Bertz CT molecular complexity index is 309. The maximum atomic E-state index is 11.9. The highest BCUT2D eigenvalue weighted by Gasteiger charge is 2.41. The molecule has 4 atom stereocenters. The molecule has 0 aromatic carbocycles. The molecule has 3 nitrogen and oxygen atoms in total. The Morgan fingerprint density at radius 1 is 1.65 bits per heavy atom. The van der Waals surface area contributed by atoms with Crippen LogP contribution < -0.4 is 0 Å². The third kappa shape index (κ3) is 3.42. The average Bonchev–Trinajstić information content (AvgIpc) is 2.56. The van der Waals surface area contributed by atoms with Crippen molar-refractivity contribution in [3.05, 3.63) is 12.7 Å². The molecule has 0 spiro atoms. The number of Topliss-reactive ketones (excluding diaryl/α,β-unsaturated/α-hetero) is 1. The lowest BCUT2D eigenvalue weighted by molar-refractivity contribution is -0.154. The molecule has 3 heteroatoms. The normalized spacial score (nSPS) is 27.6. The average molecular weight is 238 g/mol. The monoisotopic (exact) mass is 238 g/mol. The smallest absolute Gasteiger partial charge is 0.302 e. The van der Waals surface area contributed by atoms with Gasteiger partial charge in [-0.25, -0.2) is 0 Å². The van der Waals surface area contributed by atoms with Crippen molar-refractivity contribution in [2.24, 2.45) is 17.8 Å². The SMILES string of the molecule is C=CC[C@@H](C)[C@@H](OC(C)=O)[C@H]1C(=O)CCC1C. The molecule has 0 aromatic heterocycles. The number of ether oxygens (including phenoxy) is 1. The summed E-state index contributed by atoms with van der Waals surface area (Å²) < 4.78 is 5.38. The molecular formula is C14H22O3. The standard InChI is InChI=1S/C14H22O3/c1-5-6-10(3)14(17-11(4)15)13-9(2)7-8-12(13)16/h5,9-10,13-14H,1,6-8H2,2-4H3/t9?,10-,13-,14-/m1/s1. The topological polar surface area (TPSA) is 43.4 Å². The molecule has 0 radical (unpaired) electrons. The van der Waals surface area contributed by atoms with Gasteiger partial charge in [0.25, 0.3) is 0 Å². The molecule has 1 saturated carbocycles. The van der Waals surface area contributed by atoms with E-state index >= 15 is 0 Å². The number of hydrogen-bond donors (Lipinski definition) is 0. The molecule has 0 saturated heterocycles. The quantitative estimate of drug-likeness (QED) is 0.546. The van der Waals surface area contributed by atoms with E-state index in [1.165, 1.54) is 6.92 Å². The van der Waals surface area contributed by atoms with Crippen molar-refractivity contribution < 1.29 is 14.3 Å². The summed E-state index contributed by atoms with van der Waals surface area (Å²) in [5, 5.41) is 0. The Balaban J connectivity index is 2.84. The first-order valence-corrected chi connectivity index (χ1v) is 6.28. The molecule has 1 aliphatic rings. The second-order valence-corrected chi connectivity index (χ2v) is 5.08. The van der Waals surface area contributed by atoms with E-state index in [2.05, 4.69) is 13.5 Å². The van der Waals surface area contributed by atoms with E-state index in [1.54, 1.807) is 0 Å². The Morgan fingerprint density at radius 2 is 2.29 bits per heavy atom. The lowest BCUT2D eigenvalue weighted by Crippen LogP contribution is -2.37. The number of ketones is 1. The molecule has 0 bridgehead atoms. The predicted octanol–water partition coefficient (Wildman–Crippen LogP) is 2.75. The zero-order chi connectivity index (χ0) is 13.0. The van der Waals surface area contributed by atoms with Gasteiger partial charge in [-0.3, -0.25) is 9.59 Å². The number of carbonyl (C=O) groups is 2. The van der Waals surface area contributed by atoms with Crippen molar-refractivity contribution in [2.75, 3.05) is 0 Å². The minimum atomic E-state index is -0.308. The van der Waals surface area contributed by atoms with Crippen LogP contribution in [0.5, 0.6) is 0 Å². The zero-order valence-corrected chi connectivity index (χ0v) is 10.9. The molecular weight excluding hydrogens is 216 g/mol. The molecule has 1 aliphatic carbocycles. The van der Waals surface area contributed by atoms with Gasteiger partial charge >= 0.3 is 5.97 Å². The van der Waals surface area contributed by atoms with E-state index < -0.39 is 0 Å². The van der Waals surface area contributed by atoms with Gasteiger partial charge in [-0.05, 0) is 24.7 Å². The van der Waals surface area contributed by atoms with Crippen LogP contribution >= 0.6 is 0 Å². The van der Waals surface area contributed by atoms with Crippen molar-refractivity contribution in [2.45, 2.75) is 46.1 Å². The van der Waals surface area contributed by atoms with E-state index in [9.17, 15) is 9.59 Å². The highest BCUT2D eigenvalue weighted by Crippen LogP contribution is 2.36. The first kappa shape index (κ1) is 13.9. The summed E-state index contributed by atoms with van der Waals surface area (Å²) in [6.07, 6.45) is 3.79. The predicted molar refractivity (Wildman–Crippen MR) is 66.4 cm³/mol. The van der Waals surface area contributed by atoms with Crippen LogP contribution in [-0.4, -0.2) is 17.9 Å². The van der Waals surface area contributed by atoms with Crippen LogP contribution in [-0.2, 0) is 14.3 Å². The molecule has 17 heavy (non-hydrogen) atoms. The van der Waals surface area contributed by atoms with Gasteiger partial charge in [0.2, 0.25) is 0 Å². The Kier molecular flexibility index (Phi) is 4.91. The van der Waals surface area contributed by atoms with Crippen molar-refractivity contribution in [1.82, 2.24) is 0 Å². The van der Waals surface area contributed by atoms with Gasteiger partial charge in [0.05, 0.1) is 5.92 Å². The molecule has 0 amide bonds.